The molecule has 0 amide bonds. The van der Waals surface area contributed by atoms with E-state index in [-0.39, 0.29) is 6.10 Å². The molecule has 6 heteroatoms. The number of fused-ring (bicyclic) bond motifs is 3. The maximum Gasteiger partial charge on any atom is 0.213 e. The fourth-order valence-corrected chi connectivity index (χ4v) is 4.82. The zero-order chi connectivity index (χ0) is 19.8. The van der Waals surface area contributed by atoms with Crippen LogP contribution in [0.2, 0.25) is 5.02 Å². The lowest BCUT2D eigenvalue weighted by molar-refractivity contribution is 0.139. The SMILES string of the molecule is CN1Cc2cc(Cl)ccc2-n2c(cnc2[C@H]2CC[C@H](Oc3ccccn3)CC2)C1. The fourth-order valence-electron chi connectivity index (χ4n) is 4.63. The van der Waals surface area contributed by atoms with Gasteiger partial charge in [-0.05, 0) is 62.6 Å². The minimum absolute atomic E-state index is 0.233. The quantitative estimate of drug-likeness (QED) is 0.613. The van der Waals surface area contributed by atoms with Crippen LogP contribution in [0.3, 0.4) is 0 Å². The van der Waals surface area contributed by atoms with Gasteiger partial charge in [0.1, 0.15) is 11.9 Å². The van der Waals surface area contributed by atoms with Crippen LogP contribution in [0.25, 0.3) is 5.69 Å². The van der Waals surface area contributed by atoms with Gasteiger partial charge in [-0.1, -0.05) is 17.7 Å². The van der Waals surface area contributed by atoms with E-state index in [0.717, 1.165) is 49.7 Å². The van der Waals surface area contributed by atoms with Crippen molar-refractivity contribution in [3.63, 3.8) is 0 Å². The highest BCUT2D eigenvalue weighted by Gasteiger charge is 2.29. The number of aromatic nitrogens is 3. The van der Waals surface area contributed by atoms with Crippen molar-refractivity contribution in [1.29, 1.82) is 0 Å². The van der Waals surface area contributed by atoms with Gasteiger partial charge in [-0.3, -0.25) is 9.47 Å². The molecule has 1 aromatic carbocycles. The molecule has 5 rings (SSSR count). The lowest BCUT2D eigenvalue weighted by Crippen LogP contribution is -2.25. The zero-order valence-electron chi connectivity index (χ0n) is 16.6. The Morgan fingerprint density at radius 2 is 1.90 bits per heavy atom. The van der Waals surface area contributed by atoms with Gasteiger partial charge in [-0.15, -0.1) is 0 Å². The standard InChI is InChI=1S/C23H25ClN4O/c1-27-14-17-12-18(24)7-10-21(17)28-19(15-27)13-26-23(28)16-5-8-20(9-6-16)29-22-4-2-3-11-25-22/h2-4,7,10-13,16,20H,5-6,8-9,14-15H2,1H3/t16-,20-. The van der Waals surface area contributed by atoms with Gasteiger partial charge in [0.2, 0.25) is 5.88 Å². The summed E-state index contributed by atoms with van der Waals surface area (Å²) in [7, 11) is 2.15. The first-order valence-corrected chi connectivity index (χ1v) is 10.7. The number of rotatable bonds is 3. The van der Waals surface area contributed by atoms with Gasteiger partial charge < -0.3 is 4.74 Å². The Bertz CT molecular complexity index is 995. The third-order valence-corrected chi connectivity index (χ3v) is 6.22. The molecule has 1 saturated carbocycles. The molecule has 0 spiro atoms. The van der Waals surface area contributed by atoms with Crippen LogP contribution in [0.5, 0.6) is 5.88 Å². The molecule has 2 aliphatic rings. The van der Waals surface area contributed by atoms with E-state index < -0.39 is 0 Å². The normalized spacial score (nSPS) is 21.9. The molecule has 5 nitrogen and oxygen atoms in total. The Morgan fingerprint density at radius 1 is 1.03 bits per heavy atom. The minimum atomic E-state index is 0.233. The number of pyridine rings is 1. The van der Waals surface area contributed by atoms with Crippen LogP contribution in [0.1, 0.15) is 48.7 Å². The Balaban J connectivity index is 1.38. The topological polar surface area (TPSA) is 43.2 Å². The third kappa shape index (κ3) is 3.77. The molecular formula is C23H25ClN4O. The van der Waals surface area contributed by atoms with Gasteiger partial charge in [0.25, 0.3) is 0 Å². The van der Waals surface area contributed by atoms with Crippen molar-refractivity contribution in [3.8, 4) is 11.6 Å². The van der Waals surface area contributed by atoms with Crippen LogP contribution in [-0.2, 0) is 13.1 Å². The van der Waals surface area contributed by atoms with Crippen LogP contribution >= 0.6 is 11.6 Å². The van der Waals surface area contributed by atoms with E-state index in [0.29, 0.717) is 5.92 Å². The molecule has 1 aliphatic carbocycles. The van der Waals surface area contributed by atoms with Crippen molar-refractivity contribution in [2.75, 3.05) is 7.05 Å². The van der Waals surface area contributed by atoms with Gasteiger partial charge in [-0.2, -0.15) is 0 Å². The van der Waals surface area contributed by atoms with E-state index >= 15 is 0 Å². The van der Waals surface area contributed by atoms with E-state index in [4.69, 9.17) is 21.3 Å². The summed E-state index contributed by atoms with van der Waals surface area (Å²) in [6, 6.07) is 12.0. The Morgan fingerprint density at radius 3 is 2.69 bits per heavy atom. The third-order valence-electron chi connectivity index (χ3n) is 5.98. The van der Waals surface area contributed by atoms with Crippen LogP contribution in [0.15, 0.2) is 48.8 Å². The Labute approximate surface area is 176 Å². The highest BCUT2D eigenvalue weighted by Crippen LogP contribution is 2.37. The first-order chi connectivity index (χ1) is 14.2. The van der Waals surface area contributed by atoms with Crippen LogP contribution in [0.4, 0.5) is 0 Å². The minimum Gasteiger partial charge on any atom is -0.474 e. The molecule has 0 N–H and O–H groups in total. The van der Waals surface area contributed by atoms with Gasteiger partial charge in [0.05, 0.1) is 17.6 Å². The summed E-state index contributed by atoms with van der Waals surface area (Å²) in [5.74, 6) is 2.34. The maximum atomic E-state index is 6.29. The monoisotopic (exact) mass is 408 g/mol. The van der Waals surface area contributed by atoms with Crippen molar-refractivity contribution >= 4 is 11.6 Å². The van der Waals surface area contributed by atoms with Gasteiger partial charge in [-0.25, -0.2) is 9.97 Å². The van der Waals surface area contributed by atoms with Gasteiger partial charge in [0.15, 0.2) is 0 Å². The summed E-state index contributed by atoms with van der Waals surface area (Å²) in [4.78, 5) is 11.5. The number of benzene rings is 1. The molecule has 3 aromatic rings. The molecule has 0 atom stereocenters. The fraction of sp³-hybridized carbons (Fsp3) is 0.391. The summed E-state index contributed by atoms with van der Waals surface area (Å²) < 4.78 is 8.45. The molecule has 29 heavy (non-hydrogen) atoms. The van der Waals surface area contributed by atoms with Crippen molar-refractivity contribution in [3.05, 3.63) is 70.9 Å². The molecule has 150 valence electrons. The van der Waals surface area contributed by atoms with Crippen LogP contribution in [0, 0.1) is 0 Å². The summed E-state index contributed by atoms with van der Waals surface area (Å²) in [5, 5.41) is 0.787. The van der Waals surface area contributed by atoms with Gasteiger partial charge >= 0.3 is 0 Å². The first-order valence-electron chi connectivity index (χ1n) is 10.3. The largest absolute Gasteiger partial charge is 0.474 e. The van der Waals surface area contributed by atoms with E-state index in [1.807, 2.05) is 30.5 Å². The van der Waals surface area contributed by atoms with Crippen molar-refractivity contribution in [1.82, 2.24) is 19.4 Å². The second-order valence-electron chi connectivity index (χ2n) is 8.15. The molecule has 0 bridgehead atoms. The molecule has 0 saturated heterocycles. The molecule has 1 aliphatic heterocycles. The Kier molecular flexibility index (Phi) is 5.02. The highest BCUT2D eigenvalue weighted by molar-refractivity contribution is 6.30. The zero-order valence-corrected chi connectivity index (χ0v) is 17.3. The smallest absolute Gasteiger partial charge is 0.213 e. The summed E-state index contributed by atoms with van der Waals surface area (Å²) in [5.41, 5.74) is 3.72. The second-order valence-corrected chi connectivity index (χ2v) is 8.58. The summed E-state index contributed by atoms with van der Waals surface area (Å²) in [6.45, 7) is 1.78. The van der Waals surface area contributed by atoms with Gasteiger partial charge in [0, 0.05) is 36.3 Å². The lowest BCUT2D eigenvalue weighted by Gasteiger charge is -2.29. The number of hydrogen-bond donors (Lipinski definition) is 0. The average Bonchev–Trinajstić information content (AvgIpc) is 3.06. The molecule has 1 fully saturated rings. The maximum absolute atomic E-state index is 6.29. The predicted octanol–water partition coefficient (Wildman–Crippen LogP) is 4.97. The number of nitrogens with zero attached hydrogens (tertiary/aromatic N) is 4. The van der Waals surface area contributed by atoms with Crippen LogP contribution < -0.4 is 4.74 Å². The van der Waals surface area contributed by atoms with E-state index in [9.17, 15) is 0 Å². The summed E-state index contributed by atoms with van der Waals surface area (Å²) in [6.07, 6.45) is 8.26. The second kappa shape index (κ2) is 7.81. The molecule has 3 heterocycles. The number of halogens is 1. The van der Waals surface area contributed by atoms with Crippen molar-refractivity contribution in [2.45, 2.75) is 50.8 Å². The van der Waals surface area contributed by atoms with Crippen LogP contribution in [-0.4, -0.2) is 32.6 Å². The predicted molar refractivity (Wildman–Crippen MR) is 114 cm³/mol. The van der Waals surface area contributed by atoms with E-state index in [1.54, 1.807) is 6.20 Å². The van der Waals surface area contributed by atoms with Crippen molar-refractivity contribution in [2.24, 2.45) is 0 Å². The van der Waals surface area contributed by atoms with E-state index in [2.05, 4.69) is 33.6 Å². The van der Waals surface area contributed by atoms with E-state index in [1.165, 1.54) is 22.8 Å². The molecule has 0 unspecified atom stereocenters. The molecular weight excluding hydrogens is 384 g/mol. The number of imidazole rings is 1. The first kappa shape index (κ1) is 18.6. The number of ether oxygens (including phenoxy) is 1. The lowest BCUT2D eigenvalue weighted by atomic mass is 9.86. The van der Waals surface area contributed by atoms with Crippen molar-refractivity contribution < 1.29 is 4.74 Å². The number of hydrogen-bond acceptors (Lipinski definition) is 4. The molecule has 2 aromatic heterocycles. The Hall–Kier alpha value is -2.37. The highest BCUT2D eigenvalue weighted by atomic mass is 35.5. The summed E-state index contributed by atoms with van der Waals surface area (Å²) >= 11 is 6.29. The average molecular weight is 409 g/mol. The molecule has 0 radical (unpaired) electrons.